The van der Waals surface area contributed by atoms with Gasteiger partial charge < -0.3 is 5.32 Å². The molecule has 5 nitrogen and oxygen atoms in total. The van der Waals surface area contributed by atoms with E-state index in [2.05, 4.69) is 5.32 Å². The Morgan fingerprint density at radius 2 is 2.14 bits per heavy atom. The Morgan fingerprint density at radius 3 is 2.81 bits per heavy atom. The lowest BCUT2D eigenvalue weighted by molar-refractivity contribution is -0.129. The first-order valence-electron chi connectivity index (χ1n) is 7.06. The highest BCUT2D eigenvalue weighted by Gasteiger charge is 2.37. The number of amides is 3. The maximum Gasteiger partial charge on any atom is 0.325 e. The van der Waals surface area contributed by atoms with Crippen molar-refractivity contribution < 1.29 is 14.0 Å². The fourth-order valence-electron chi connectivity index (χ4n) is 2.43. The lowest BCUT2D eigenvalue weighted by Crippen LogP contribution is -2.40. The first-order valence-corrected chi connectivity index (χ1v) is 7.06. The first kappa shape index (κ1) is 15.4. The molecule has 0 unspecified atom stereocenters. The molecule has 0 bridgehead atoms. The zero-order chi connectivity index (χ0) is 15.4. The van der Waals surface area contributed by atoms with Crippen LogP contribution in [-0.2, 0) is 11.3 Å². The maximum absolute atomic E-state index is 13.1. The van der Waals surface area contributed by atoms with E-state index >= 15 is 0 Å². The predicted octanol–water partition coefficient (Wildman–Crippen LogP) is 1.94. The van der Waals surface area contributed by atoms with Gasteiger partial charge in [0.1, 0.15) is 11.9 Å². The lowest BCUT2D eigenvalue weighted by atomic mass is 10.2. The van der Waals surface area contributed by atoms with E-state index in [4.69, 9.17) is 0 Å². The van der Waals surface area contributed by atoms with Crippen molar-refractivity contribution in [2.24, 2.45) is 0 Å². The van der Waals surface area contributed by atoms with Crippen LogP contribution >= 0.6 is 0 Å². The molecule has 1 aliphatic rings. The third-order valence-electron chi connectivity index (χ3n) is 3.41. The fraction of sp³-hybridized carbons (Fsp3) is 0.467. The summed E-state index contributed by atoms with van der Waals surface area (Å²) in [7, 11) is 1.79. The number of nitrogens with one attached hydrogen (secondary N) is 1. The fourth-order valence-corrected chi connectivity index (χ4v) is 2.43. The number of hydrogen-bond donors (Lipinski definition) is 1. The maximum atomic E-state index is 13.1. The summed E-state index contributed by atoms with van der Waals surface area (Å²) in [5.74, 6) is -0.480. The van der Waals surface area contributed by atoms with Crippen molar-refractivity contribution in [3.63, 3.8) is 0 Å². The van der Waals surface area contributed by atoms with Crippen molar-refractivity contribution >= 4 is 11.9 Å². The van der Waals surface area contributed by atoms with Crippen LogP contribution in [0.15, 0.2) is 24.3 Å². The van der Waals surface area contributed by atoms with Crippen molar-refractivity contribution in [3.8, 4) is 0 Å². The molecule has 1 N–H and O–H groups in total. The van der Waals surface area contributed by atoms with Crippen LogP contribution in [0.5, 0.6) is 0 Å². The van der Waals surface area contributed by atoms with Crippen molar-refractivity contribution in [2.45, 2.75) is 32.4 Å². The minimum absolute atomic E-state index is 0.187. The highest BCUT2D eigenvalue weighted by molar-refractivity contribution is 6.04. The van der Waals surface area contributed by atoms with Gasteiger partial charge in [-0.15, -0.1) is 0 Å². The topological polar surface area (TPSA) is 52.7 Å². The number of halogens is 1. The van der Waals surface area contributed by atoms with E-state index in [-0.39, 0.29) is 24.4 Å². The predicted molar refractivity (Wildman–Crippen MR) is 76.8 cm³/mol. The Morgan fingerprint density at radius 1 is 1.38 bits per heavy atom. The molecule has 1 saturated heterocycles. The van der Waals surface area contributed by atoms with Crippen LogP contribution in [-0.4, -0.2) is 41.5 Å². The molecular weight excluding hydrogens is 273 g/mol. The third kappa shape index (κ3) is 3.78. The molecule has 6 heteroatoms. The minimum atomic E-state index is -0.412. The normalized spacial score (nSPS) is 18.5. The molecule has 3 amide bonds. The van der Waals surface area contributed by atoms with Gasteiger partial charge >= 0.3 is 6.03 Å². The molecule has 0 aromatic heterocycles. The largest absolute Gasteiger partial charge is 0.326 e. The Balaban J connectivity index is 1.94. The number of urea groups is 1. The smallest absolute Gasteiger partial charge is 0.325 e. The molecule has 1 atom stereocenters. The van der Waals surface area contributed by atoms with Gasteiger partial charge in [-0.2, -0.15) is 0 Å². The van der Waals surface area contributed by atoms with Crippen LogP contribution in [0.1, 0.15) is 25.3 Å². The number of imide groups is 1. The van der Waals surface area contributed by atoms with Crippen molar-refractivity contribution in [2.75, 3.05) is 13.7 Å². The van der Waals surface area contributed by atoms with E-state index in [1.165, 1.54) is 17.0 Å². The average molecular weight is 293 g/mol. The Kier molecular flexibility index (Phi) is 4.90. The minimum Gasteiger partial charge on any atom is -0.326 e. The number of carbonyl (C=O) groups excluding carboxylic acids is 2. The lowest BCUT2D eigenvalue weighted by Gasteiger charge is -2.22. The number of nitrogens with zero attached hydrogens (tertiary/aromatic N) is 2. The molecule has 0 spiro atoms. The van der Waals surface area contributed by atoms with Gasteiger partial charge in [0.2, 0.25) is 0 Å². The molecule has 0 radical (unpaired) electrons. The second-order valence-electron chi connectivity index (χ2n) is 5.34. The van der Waals surface area contributed by atoms with E-state index in [9.17, 15) is 14.0 Å². The van der Waals surface area contributed by atoms with Gasteiger partial charge in [0.25, 0.3) is 5.91 Å². The van der Waals surface area contributed by atoms with E-state index in [1.807, 2.05) is 13.0 Å². The summed E-state index contributed by atoms with van der Waals surface area (Å²) >= 11 is 0. The molecule has 21 heavy (non-hydrogen) atoms. The summed E-state index contributed by atoms with van der Waals surface area (Å²) in [5.41, 5.74) is 0.801. The number of benzene rings is 1. The molecule has 0 aliphatic carbocycles. The second-order valence-corrected chi connectivity index (χ2v) is 5.34. The highest BCUT2D eigenvalue weighted by atomic mass is 19.1. The molecule has 1 fully saturated rings. The quantitative estimate of drug-likeness (QED) is 0.816. The third-order valence-corrected chi connectivity index (χ3v) is 3.41. The van der Waals surface area contributed by atoms with Crippen LogP contribution in [0, 0.1) is 5.82 Å². The molecule has 1 aromatic rings. The van der Waals surface area contributed by atoms with E-state index in [0.717, 1.165) is 12.0 Å². The molecule has 1 aromatic carbocycles. The molecule has 1 heterocycles. The standard InChI is InChI=1S/C15H20FN3O2/c1-3-5-13-14(20)19(15(21)17-13)10-18(2)9-11-6-4-7-12(16)8-11/h4,6-8,13H,3,5,9-10H2,1-2H3,(H,17,21)/t13-/m0/s1. The molecule has 0 saturated carbocycles. The van der Waals surface area contributed by atoms with Gasteiger partial charge in [0, 0.05) is 6.54 Å². The average Bonchev–Trinajstić information content (AvgIpc) is 2.67. The van der Waals surface area contributed by atoms with Crippen LogP contribution in [0.2, 0.25) is 0 Å². The molecule has 1 aliphatic heterocycles. The summed E-state index contributed by atoms with van der Waals surface area (Å²) in [6, 6.07) is 5.52. The van der Waals surface area contributed by atoms with E-state index in [1.54, 1.807) is 18.0 Å². The molecular formula is C15H20FN3O2. The Labute approximate surface area is 123 Å². The zero-order valence-corrected chi connectivity index (χ0v) is 12.3. The van der Waals surface area contributed by atoms with Gasteiger partial charge in [0.15, 0.2) is 0 Å². The summed E-state index contributed by atoms with van der Waals surface area (Å²) in [6.07, 6.45) is 1.48. The van der Waals surface area contributed by atoms with Gasteiger partial charge in [-0.25, -0.2) is 14.1 Å². The van der Waals surface area contributed by atoms with Crippen molar-refractivity contribution in [1.82, 2.24) is 15.1 Å². The number of rotatable bonds is 6. The monoisotopic (exact) mass is 293 g/mol. The molecule has 2 rings (SSSR count). The second kappa shape index (κ2) is 6.67. The summed E-state index contributed by atoms with van der Waals surface area (Å²) in [4.78, 5) is 26.9. The van der Waals surface area contributed by atoms with Crippen LogP contribution < -0.4 is 5.32 Å². The SMILES string of the molecule is CCC[C@@H]1NC(=O)N(CN(C)Cc2cccc(F)c2)C1=O. The van der Waals surface area contributed by atoms with Crippen molar-refractivity contribution in [1.29, 1.82) is 0 Å². The highest BCUT2D eigenvalue weighted by Crippen LogP contribution is 2.13. The van der Waals surface area contributed by atoms with Crippen molar-refractivity contribution in [3.05, 3.63) is 35.6 Å². The number of carbonyl (C=O) groups is 2. The summed E-state index contributed by atoms with van der Waals surface area (Å²) in [5, 5.41) is 2.68. The Bertz CT molecular complexity index is 535. The first-order chi connectivity index (χ1) is 10.0. The van der Waals surface area contributed by atoms with Gasteiger partial charge in [-0.1, -0.05) is 25.5 Å². The van der Waals surface area contributed by atoms with Gasteiger partial charge in [-0.3, -0.25) is 9.69 Å². The summed E-state index contributed by atoms with van der Waals surface area (Å²) < 4.78 is 13.1. The van der Waals surface area contributed by atoms with Crippen LogP contribution in [0.25, 0.3) is 0 Å². The zero-order valence-electron chi connectivity index (χ0n) is 12.3. The van der Waals surface area contributed by atoms with Crippen LogP contribution in [0.3, 0.4) is 0 Å². The van der Waals surface area contributed by atoms with Crippen LogP contribution in [0.4, 0.5) is 9.18 Å². The van der Waals surface area contributed by atoms with Gasteiger partial charge in [-0.05, 0) is 31.2 Å². The van der Waals surface area contributed by atoms with E-state index in [0.29, 0.717) is 13.0 Å². The summed E-state index contributed by atoms with van der Waals surface area (Å²) in [6.45, 7) is 2.63. The van der Waals surface area contributed by atoms with Gasteiger partial charge in [0.05, 0.1) is 6.67 Å². The molecule has 114 valence electrons. The Hall–Kier alpha value is -1.95. The van der Waals surface area contributed by atoms with E-state index < -0.39 is 6.04 Å². The number of hydrogen-bond acceptors (Lipinski definition) is 3.